The van der Waals surface area contributed by atoms with Gasteiger partial charge in [0, 0.05) is 17.6 Å². The van der Waals surface area contributed by atoms with Crippen LogP contribution in [0, 0.1) is 0 Å². The molecule has 27 heavy (non-hydrogen) atoms. The Morgan fingerprint density at radius 1 is 1.07 bits per heavy atom. The third kappa shape index (κ3) is 3.51. The average Bonchev–Trinajstić information content (AvgIpc) is 2.88. The van der Waals surface area contributed by atoms with E-state index in [1.54, 1.807) is 30.3 Å². The maximum Gasteiger partial charge on any atom is 0.337 e. The fourth-order valence-corrected chi connectivity index (χ4v) is 3.67. The molecule has 0 bridgehead atoms. The van der Waals surface area contributed by atoms with Crippen molar-refractivity contribution in [1.82, 2.24) is 4.57 Å². The van der Waals surface area contributed by atoms with Crippen LogP contribution in [0.2, 0.25) is 0 Å². The molecular formula is C21H21NO5. The fourth-order valence-electron chi connectivity index (χ4n) is 3.67. The van der Waals surface area contributed by atoms with Crippen molar-refractivity contribution in [2.45, 2.75) is 32.7 Å². The minimum atomic E-state index is -1.06. The van der Waals surface area contributed by atoms with Crippen LogP contribution in [-0.4, -0.2) is 31.8 Å². The molecule has 0 radical (unpaired) electrons. The summed E-state index contributed by atoms with van der Waals surface area (Å²) in [6, 6.07) is 11.7. The number of hydrogen-bond donors (Lipinski definition) is 3. The van der Waals surface area contributed by atoms with Gasteiger partial charge in [-0.15, -0.1) is 0 Å². The van der Waals surface area contributed by atoms with Crippen LogP contribution < -0.4 is 0 Å². The molecule has 0 aliphatic carbocycles. The lowest BCUT2D eigenvalue weighted by Crippen LogP contribution is -2.11. The first-order valence-electron chi connectivity index (χ1n) is 8.66. The number of aromatic nitrogens is 1. The van der Waals surface area contributed by atoms with E-state index in [9.17, 15) is 24.9 Å². The molecule has 0 saturated heterocycles. The molecule has 0 atom stereocenters. The molecule has 3 rings (SSSR count). The van der Waals surface area contributed by atoms with Crippen molar-refractivity contribution in [1.29, 1.82) is 0 Å². The zero-order valence-electron chi connectivity index (χ0n) is 15.1. The molecule has 0 fully saturated rings. The topological polar surface area (TPSA) is 99.8 Å². The second kappa shape index (κ2) is 7.15. The van der Waals surface area contributed by atoms with Crippen LogP contribution in [0.5, 0.6) is 5.75 Å². The van der Waals surface area contributed by atoms with Gasteiger partial charge in [-0.3, -0.25) is 4.79 Å². The first-order valence-corrected chi connectivity index (χ1v) is 8.66. The molecule has 0 amide bonds. The van der Waals surface area contributed by atoms with Crippen molar-refractivity contribution in [3.63, 3.8) is 0 Å². The highest BCUT2D eigenvalue weighted by Gasteiger charge is 2.24. The SMILES string of the molecule is CC(C)c1c(CC(=O)O)c2cccc(C(=O)O)c2n1Cc1cccc(O)c1. The maximum atomic E-state index is 11.8. The van der Waals surface area contributed by atoms with Crippen molar-refractivity contribution in [2.24, 2.45) is 0 Å². The number of rotatable bonds is 6. The molecule has 3 aromatic rings. The van der Waals surface area contributed by atoms with Crippen LogP contribution in [0.1, 0.15) is 46.9 Å². The molecule has 1 heterocycles. The summed E-state index contributed by atoms with van der Waals surface area (Å²) in [7, 11) is 0. The van der Waals surface area contributed by atoms with E-state index in [2.05, 4.69) is 0 Å². The van der Waals surface area contributed by atoms with Crippen LogP contribution in [-0.2, 0) is 17.8 Å². The van der Waals surface area contributed by atoms with Crippen LogP contribution in [0.3, 0.4) is 0 Å². The third-order valence-corrected chi connectivity index (χ3v) is 4.59. The lowest BCUT2D eigenvalue weighted by molar-refractivity contribution is -0.136. The standard InChI is InChI=1S/C21H21NO5/c1-12(2)19-17(10-18(24)25)15-7-4-8-16(21(26)27)20(15)22(19)11-13-5-3-6-14(23)9-13/h3-9,12,23H,10-11H2,1-2H3,(H,24,25)(H,26,27). The smallest absolute Gasteiger partial charge is 0.337 e. The number of fused-ring (bicyclic) bond motifs is 1. The van der Waals surface area contributed by atoms with Gasteiger partial charge in [0.1, 0.15) is 5.75 Å². The van der Waals surface area contributed by atoms with Gasteiger partial charge < -0.3 is 19.9 Å². The molecule has 6 heteroatoms. The monoisotopic (exact) mass is 367 g/mol. The highest BCUT2D eigenvalue weighted by Crippen LogP contribution is 2.34. The predicted molar refractivity (Wildman–Crippen MR) is 102 cm³/mol. The average molecular weight is 367 g/mol. The lowest BCUT2D eigenvalue weighted by atomic mass is 10.00. The van der Waals surface area contributed by atoms with Gasteiger partial charge in [0.15, 0.2) is 0 Å². The first kappa shape index (κ1) is 18.5. The van der Waals surface area contributed by atoms with Crippen LogP contribution in [0.4, 0.5) is 0 Å². The molecule has 0 spiro atoms. The van der Waals surface area contributed by atoms with Gasteiger partial charge in [0.25, 0.3) is 0 Å². The molecule has 2 aromatic carbocycles. The van der Waals surface area contributed by atoms with Crippen LogP contribution in [0.25, 0.3) is 10.9 Å². The van der Waals surface area contributed by atoms with Gasteiger partial charge >= 0.3 is 11.9 Å². The summed E-state index contributed by atoms with van der Waals surface area (Å²) in [5.74, 6) is -1.91. The summed E-state index contributed by atoms with van der Waals surface area (Å²) in [6.45, 7) is 4.25. The zero-order chi connectivity index (χ0) is 19.7. The number of benzene rings is 2. The third-order valence-electron chi connectivity index (χ3n) is 4.59. The number of phenolic OH excluding ortho intramolecular Hbond substituents is 1. The van der Waals surface area contributed by atoms with Gasteiger partial charge in [0.2, 0.25) is 0 Å². The predicted octanol–water partition coefficient (Wildman–Crippen LogP) is 3.84. The van der Waals surface area contributed by atoms with Gasteiger partial charge in [-0.25, -0.2) is 4.79 Å². The number of carboxylic acids is 2. The summed E-state index contributed by atoms with van der Waals surface area (Å²) in [6.07, 6.45) is -0.180. The van der Waals surface area contributed by atoms with Crippen molar-refractivity contribution < 1.29 is 24.9 Å². The van der Waals surface area contributed by atoms with Crippen molar-refractivity contribution in [3.05, 3.63) is 64.8 Å². The molecular weight excluding hydrogens is 346 g/mol. The van der Waals surface area contributed by atoms with Crippen LogP contribution in [0.15, 0.2) is 42.5 Å². The van der Waals surface area contributed by atoms with E-state index in [0.29, 0.717) is 23.0 Å². The highest BCUT2D eigenvalue weighted by molar-refractivity contribution is 6.04. The number of para-hydroxylation sites is 1. The van der Waals surface area contributed by atoms with Crippen molar-refractivity contribution >= 4 is 22.8 Å². The van der Waals surface area contributed by atoms with E-state index in [1.807, 2.05) is 24.5 Å². The summed E-state index contributed by atoms with van der Waals surface area (Å²) in [4.78, 5) is 23.3. The van der Waals surface area contributed by atoms with E-state index in [1.165, 1.54) is 6.07 Å². The summed E-state index contributed by atoms with van der Waals surface area (Å²) >= 11 is 0. The normalized spacial score (nSPS) is 11.2. The number of phenols is 1. The Morgan fingerprint density at radius 2 is 1.78 bits per heavy atom. The quantitative estimate of drug-likeness (QED) is 0.615. The second-order valence-electron chi connectivity index (χ2n) is 6.85. The van der Waals surface area contributed by atoms with Gasteiger partial charge in [0.05, 0.1) is 17.5 Å². The summed E-state index contributed by atoms with van der Waals surface area (Å²) < 4.78 is 1.87. The summed E-state index contributed by atoms with van der Waals surface area (Å²) in [5, 5.41) is 29.5. The number of aliphatic carboxylic acids is 1. The van der Waals surface area contributed by atoms with Crippen LogP contribution >= 0.6 is 0 Å². The minimum absolute atomic E-state index is 0.00861. The van der Waals surface area contributed by atoms with E-state index in [0.717, 1.165) is 11.3 Å². The van der Waals surface area contributed by atoms with Gasteiger partial charge in [-0.05, 0) is 35.2 Å². The van der Waals surface area contributed by atoms with Gasteiger partial charge in [-0.1, -0.05) is 38.1 Å². The molecule has 0 unspecified atom stereocenters. The molecule has 140 valence electrons. The van der Waals surface area contributed by atoms with Crippen molar-refractivity contribution in [2.75, 3.05) is 0 Å². The van der Waals surface area contributed by atoms with E-state index in [4.69, 9.17) is 0 Å². The second-order valence-corrected chi connectivity index (χ2v) is 6.85. The molecule has 0 aliphatic rings. The Hall–Kier alpha value is -3.28. The molecule has 1 aromatic heterocycles. The fraction of sp³-hybridized carbons (Fsp3) is 0.238. The molecule has 0 aliphatic heterocycles. The lowest BCUT2D eigenvalue weighted by Gasteiger charge is -2.16. The zero-order valence-corrected chi connectivity index (χ0v) is 15.1. The Bertz CT molecular complexity index is 1030. The minimum Gasteiger partial charge on any atom is -0.508 e. The number of aromatic hydroxyl groups is 1. The molecule has 3 N–H and O–H groups in total. The highest BCUT2D eigenvalue weighted by atomic mass is 16.4. The number of hydrogen-bond acceptors (Lipinski definition) is 3. The largest absolute Gasteiger partial charge is 0.508 e. The van der Waals surface area contributed by atoms with E-state index >= 15 is 0 Å². The van der Waals surface area contributed by atoms with Crippen molar-refractivity contribution in [3.8, 4) is 5.75 Å². The first-order chi connectivity index (χ1) is 12.8. The van der Waals surface area contributed by atoms with E-state index in [-0.39, 0.29) is 23.7 Å². The number of nitrogens with zero attached hydrogens (tertiary/aromatic N) is 1. The van der Waals surface area contributed by atoms with E-state index < -0.39 is 11.9 Å². The molecule has 6 nitrogen and oxygen atoms in total. The Balaban J connectivity index is 2.35. The van der Waals surface area contributed by atoms with Gasteiger partial charge in [-0.2, -0.15) is 0 Å². The molecule has 0 saturated carbocycles. The Morgan fingerprint density at radius 3 is 2.37 bits per heavy atom. The number of carbonyl (C=O) groups is 2. The number of aromatic carboxylic acids is 1. The summed E-state index contributed by atoms with van der Waals surface area (Å²) in [5.41, 5.74) is 2.87. The Kier molecular flexibility index (Phi) is 4.90. The number of carboxylic acid groups (broad SMARTS) is 2. The maximum absolute atomic E-state index is 11.8. The Labute approximate surface area is 156 Å².